The van der Waals surface area contributed by atoms with Crippen LogP contribution in [0.2, 0.25) is 0 Å². The number of rotatable bonds is 4. The van der Waals surface area contributed by atoms with Crippen molar-refractivity contribution in [2.45, 2.75) is 13.3 Å². The van der Waals surface area contributed by atoms with Crippen molar-refractivity contribution in [1.82, 2.24) is 0 Å². The Hall–Kier alpha value is -1.60. The zero-order chi connectivity index (χ0) is 11.9. The molecule has 0 N–H and O–H groups in total. The molecule has 0 aliphatic rings. The van der Waals surface area contributed by atoms with Gasteiger partial charge in [0.25, 0.3) is 0 Å². The molecule has 84 valence electrons. The third-order valence-electron chi connectivity index (χ3n) is 2.60. The van der Waals surface area contributed by atoms with Crippen LogP contribution in [0, 0.1) is 0 Å². The molecule has 0 aliphatic carbocycles. The fourth-order valence-corrected chi connectivity index (χ4v) is 2.83. The molecule has 0 saturated heterocycles. The molecule has 0 amide bonds. The molecule has 2 radical (unpaired) electrons. The molecule has 0 unspecified atom stereocenters. The van der Waals surface area contributed by atoms with Gasteiger partial charge in [-0.05, 0) is 12.0 Å². The van der Waals surface area contributed by atoms with E-state index in [9.17, 15) is 0 Å². The van der Waals surface area contributed by atoms with Crippen LogP contribution >= 0.6 is 0 Å². The predicted molar refractivity (Wildman–Crippen MR) is 76.5 cm³/mol. The van der Waals surface area contributed by atoms with E-state index in [1.54, 1.807) is 0 Å². The first-order valence-corrected chi connectivity index (χ1v) is 6.96. The summed E-state index contributed by atoms with van der Waals surface area (Å²) in [7, 11) is 0.782. The standard InChI is InChI=1S/C16H16Si/c1-2-15(13-14-9-5-3-6-10-14)17-16-11-7-4-8-12-16/h3-13H,2H2,1H3/b15-13+. The van der Waals surface area contributed by atoms with Crippen LogP contribution in [0.3, 0.4) is 0 Å². The Kier molecular flexibility index (Phi) is 4.34. The Morgan fingerprint density at radius 1 is 0.941 bits per heavy atom. The van der Waals surface area contributed by atoms with Gasteiger partial charge >= 0.3 is 0 Å². The first-order valence-electron chi connectivity index (χ1n) is 5.96. The summed E-state index contributed by atoms with van der Waals surface area (Å²) in [6.07, 6.45) is 3.42. The molecule has 0 bridgehead atoms. The van der Waals surface area contributed by atoms with Crippen molar-refractivity contribution in [1.29, 1.82) is 0 Å². The highest BCUT2D eigenvalue weighted by Crippen LogP contribution is 2.08. The van der Waals surface area contributed by atoms with Crippen LogP contribution < -0.4 is 5.19 Å². The zero-order valence-electron chi connectivity index (χ0n) is 10.1. The summed E-state index contributed by atoms with van der Waals surface area (Å²) in [6.45, 7) is 2.23. The lowest BCUT2D eigenvalue weighted by Gasteiger charge is -2.04. The summed E-state index contributed by atoms with van der Waals surface area (Å²) in [5, 5.41) is 2.92. The van der Waals surface area contributed by atoms with Crippen molar-refractivity contribution in [2.75, 3.05) is 0 Å². The Labute approximate surface area is 106 Å². The maximum absolute atomic E-state index is 2.31. The molecule has 0 spiro atoms. The molecule has 0 fully saturated rings. The average Bonchev–Trinajstić information content (AvgIpc) is 2.40. The van der Waals surface area contributed by atoms with E-state index in [0.29, 0.717) is 0 Å². The second kappa shape index (κ2) is 6.21. The monoisotopic (exact) mass is 236 g/mol. The van der Waals surface area contributed by atoms with Crippen molar-refractivity contribution >= 4 is 20.8 Å². The van der Waals surface area contributed by atoms with E-state index in [1.165, 1.54) is 15.9 Å². The molecule has 2 rings (SSSR count). The Bertz CT molecular complexity index is 471. The van der Waals surface area contributed by atoms with Crippen molar-refractivity contribution < 1.29 is 0 Å². The summed E-state index contributed by atoms with van der Waals surface area (Å²) < 4.78 is 0. The zero-order valence-corrected chi connectivity index (χ0v) is 11.1. The van der Waals surface area contributed by atoms with Crippen LogP contribution in [0.5, 0.6) is 0 Å². The number of benzene rings is 2. The van der Waals surface area contributed by atoms with Gasteiger partial charge in [0.15, 0.2) is 0 Å². The molecule has 0 aliphatic heterocycles. The van der Waals surface area contributed by atoms with E-state index in [1.807, 2.05) is 0 Å². The molecule has 0 atom stereocenters. The topological polar surface area (TPSA) is 0 Å². The normalized spacial score (nSPS) is 11.5. The SMILES string of the molecule is CC/C(=C\c1ccccc1)[Si]c1ccccc1. The lowest BCUT2D eigenvalue weighted by atomic mass is 10.2. The number of hydrogen-bond acceptors (Lipinski definition) is 0. The van der Waals surface area contributed by atoms with Crippen LogP contribution in [0.4, 0.5) is 0 Å². The van der Waals surface area contributed by atoms with Gasteiger partial charge in [-0.25, -0.2) is 0 Å². The van der Waals surface area contributed by atoms with Crippen LogP contribution in [-0.4, -0.2) is 9.52 Å². The van der Waals surface area contributed by atoms with Gasteiger partial charge in [0, 0.05) is 0 Å². The highest BCUT2D eigenvalue weighted by molar-refractivity contribution is 6.61. The Morgan fingerprint density at radius 2 is 1.53 bits per heavy atom. The first kappa shape index (κ1) is 11.9. The molecule has 17 heavy (non-hydrogen) atoms. The molecular weight excluding hydrogens is 220 g/mol. The molecule has 1 heteroatoms. The molecule has 2 aromatic rings. The van der Waals surface area contributed by atoms with Crippen molar-refractivity contribution in [3.8, 4) is 0 Å². The fraction of sp³-hybridized carbons (Fsp3) is 0.125. The van der Waals surface area contributed by atoms with E-state index < -0.39 is 0 Å². The van der Waals surface area contributed by atoms with Gasteiger partial charge in [-0.2, -0.15) is 0 Å². The first-order chi connectivity index (χ1) is 8.38. The summed E-state index contributed by atoms with van der Waals surface area (Å²) in [4.78, 5) is 0. The highest BCUT2D eigenvalue weighted by atomic mass is 28.2. The van der Waals surface area contributed by atoms with Gasteiger partial charge in [-0.1, -0.05) is 84.0 Å². The minimum absolute atomic E-state index is 0.782. The Morgan fingerprint density at radius 3 is 2.12 bits per heavy atom. The van der Waals surface area contributed by atoms with Gasteiger partial charge in [0.1, 0.15) is 9.52 Å². The van der Waals surface area contributed by atoms with E-state index in [4.69, 9.17) is 0 Å². The molecule has 0 saturated carbocycles. The minimum Gasteiger partial charge on any atom is -0.0790 e. The van der Waals surface area contributed by atoms with Gasteiger partial charge in [0.2, 0.25) is 0 Å². The van der Waals surface area contributed by atoms with Gasteiger partial charge in [-0.3, -0.25) is 0 Å². The minimum atomic E-state index is 0.782. The molecular formula is C16H16Si. The third kappa shape index (κ3) is 3.72. The van der Waals surface area contributed by atoms with Crippen LogP contribution in [-0.2, 0) is 0 Å². The summed E-state index contributed by atoms with van der Waals surface area (Å²) in [5.41, 5.74) is 1.30. The molecule has 0 heterocycles. The lowest BCUT2D eigenvalue weighted by molar-refractivity contribution is 1.20. The van der Waals surface area contributed by atoms with E-state index >= 15 is 0 Å². The van der Waals surface area contributed by atoms with Crippen LogP contribution in [0.25, 0.3) is 6.08 Å². The second-order valence-corrected chi connectivity index (χ2v) is 5.39. The number of allylic oxidation sites excluding steroid dienone is 1. The maximum atomic E-state index is 2.31. The van der Waals surface area contributed by atoms with Gasteiger partial charge in [-0.15, -0.1) is 0 Å². The van der Waals surface area contributed by atoms with Crippen molar-refractivity contribution in [3.63, 3.8) is 0 Å². The van der Waals surface area contributed by atoms with Crippen LogP contribution in [0.15, 0.2) is 65.9 Å². The quantitative estimate of drug-likeness (QED) is 0.713. The summed E-state index contributed by atoms with van der Waals surface area (Å²) in [5.74, 6) is 0. The van der Waals surface area contributed by atoms with E-state index in [2.05, 4.69) is 73.7 Å². The summed E-state index contributed by atoms with van der Waals surface area (Å²) in [6, 6.07) is 21.2. The predicted octanol–water partition coefficient (Wildman–Crippen LogP) is 3.47. The van der Waals surface area contributed by atoms with Crippen LogP contribution in [0.1, 0.15) is 18.9 Å². The fourth-order valence-electron chi connectivity index (χ4n) is 1.68. The summed E-state index contributed by atoms with van der Waals surface area (Å²) >= 11 is 0. The molecule has 2 aromatic carbocycles. The smallest absolute Gasteiger partial charge is 0.0790 e. The third-order valence-corrected chi connectivity index (χ3v) is 4.04. The Balaban J connectivity index is 2.15. The molecule has 0 nitrogen and oxygen atoms in total. The highest BCUT2D eigenvalue weighted by Gasteiger charge is 1.99. The largest absolute Gasteiger partial charge is 0.115 e. The second-order valence-electron chi connectivity index (χ2n) is 3.92. The maximum Gasteiger partial charge on any atom is 0.115 e. The van der Waals surface area contributed by atoms with Crippen molar-refractivity contribution in [2.24, 2.45) is 0 Å². The lowest BCUT2D eigenvalue weighted by Crippen LogP contribution is -2.15. The van der Waals surface area contributed by atoms with E-state index in [-0.39, 0.29) is 0 Å². The number of hydrogen-bond donors (Lipinski definition) is 0. The van der Waals surface area contributed by atoms with Gasteiger partial charge < -0.3 is 0 Å². The molecule has 0 aromatic heterocycles. The van der Waals surface area contributed by atoms with E-state index in [0.717, 1.165) is 15.9 Å². The average molecular weight is 236 g/mol. The van der Waals surface area contributed by atoms with Crippen molar-refractivity contribution in [3.05, 3.63) is 71.4 Å². The van der Waals surface area contributed by atoms with Gasteiger partial charge in [0.05, 0.1) is 0 Å².